The van der Waals surface area contributed by atoms with E-state index in [1.807, 2.05) is 62.4 Å². The average molecular weight is 441 g/mol. The van der Waals surface area contributed by atoms with Gasteiger partial charge in [-0.05, 0) is 49.2 Å². The summed E-state index contributed by atoms with van der Waals surface area (Å²) in [5.74, 6) is -1.05. The van der Waals surface area contributed by atoms with Crippen LogP contribution >= 0.6 is 0 Å². The van der Waals surface area contributed by atoms with Gasteiger partial charge in [0.1, 0.15) is 5.75 Å². The lowest BCUT2D eigenvalue weighted by atomic mass is 10.1. The van der Waals surface area contributed by atoms with Crippen LogP contribution < -0.4 is 14.8 Å². The maximum absolute atomic E-state index is 11.9. The van der Waals surface area contributed by atoms with Gasteiger partial charge < -0.3 is 14.8 Å². The number of rotatable bonds is 6. The molecule has 8 nitrogen and oxygen atoms in total. The number of pyridine rings is 1. The van der Waals surface area contributed by atoms with Crippen molar-refractivity contribution in [2.75, 3.05) is 18.2 Å². The van der Waals surface area contributed by atoms with E-state index in [-0.39, 0.29) is 5.96 Å². The van der Waals surface area contributed by atoms with Gasteiger partial charge >= 0.3 is 5.91 Å². The topological polar surface area (TPSA) is 102 Å². The number of nitrogens with zero attached hydrogens (tertiary/aromatic N) is 2. The van der Waals surface area contributed by atoms with Crippen LogP contribution in [0.1, 0.15) is 24.5 Å². The van der Waals surface area contributed by atoms with Crippen LogP contribution in [-0.4, -0.2) is 32.2 Å². The zero-order valence-electron chi connectivity index (χ0n) is 17.5. The second kappa shape index (κ2) is 8.16. The van der Waals surface area contributed by atoms with Crippen LogP contribution in [0.5, 0.6) is 5.75 Å². The predicted octanol–water partition coefficient (Wildman–Crippen LogP) is 3.49. The molecule has 2 aromatic carbocycles. The summed E-state index contributed by atoms with van der Waals surface area (Å²) in [4.78, 5) is 8.95. The molecule has 0 saturated heterocycles. The summed E-state index contributed by atoms with van der Waals surface area (Å²) >= 11 is 0. The van der Waals surface area contributed by atoms with Crippen molar-refractivity contribution in [3.05, 3.63) is 65.9 Å². The lowest BCUT2D eigenvalue weighted by molar-refractivity contribution is -0.186. The number of aryl methyl sites for hydroxylation is 1. The van der Waals surface area contributed by atoms with E-state index < -0.39 is 15.9 Å². The second-order valence-electron chi connectivity index (χ2n) is 7.34. The summed E-state index contributed by atoms with van der Waals surface area (Å²) in [5.41, 5.74) is 3.16. The number of anilines is 1. The Morgan fingerprint density at radius 1 is 1.16 bits per heavy atom. The largest absolute Gasteiger partial charge is 0.439 e. The highest BCUT2D eigenvalue weighted by Crippen LogP contribution is 2.39. The summed E-state index contributed by atoms with van der Waals surface area (Å²) in [6.07, 6.45) is 3.53. The molecule has 31 heavy (non-hydrogen) atoms. The van der Waals surface area contributed by atoms with Gasteiger partial charge in [0.25, 0.3) is 0 Å². The number of aromatic nitrogens is 1. The lowest BCUT2D eigenvalue weighted by Gasteiger charge is -2.35. The van der Waals surface area contributed by atoms with Crippen molar-refractivity contribution in [2.24, 2.45) is 4.99 Å². The molecule has 162 valence electrons. The number of guanidine groups is 1. The minimum atomic E-state index is -3.57. The molecule has 0 amide bonds. The van der Waals surface area contributed by atoms with Crippen molar-refractivity contribution in [1.29, 1.82) is 0 Å². The summed E-state index contributed by atoms with van der Waals surface area (Å²) in [7, 11) is -3.57. The number of para-hydroxylation sites is 1. The van der Waals surface area contributed by atoms with Gasteiger partial charge in [-0.3, -0.25) is 9.71 Å². The fourth-order valence-corrected chi connectivity index (χ4v) is 3.85. The highest BCUT2D eigenvalue weighted by Gasteiger charge is 2.42. The van der Waals surface area contributed by atoms with E-state index in [4.69, 9.17) is 9.47 Å². The summed E-state index contributed by atoms with van der Waals surface area (Å²) < 4.78 is 38.6. The summed E-state index contributed by atoms with van der Waals surface area (Å²) in [5, 5.41) is 4.02. The Labute approximate surface area is 181 Å². The molecular formula is C22H24N4O4S. The second-order valence-corrected chi connectivity index (χ2v) is 9.09. The van der Waals surface area contributed by atoms with Crippen molar-refractivity contribution in [2.45, 2.75) is 26.2 Å². The van der Waals surface area contributed by atoms with Crippen molar-refractivity contribution in [3.63, 3.8) is 0 Å². The summed E-state index contributed by atoms with van der Waals surface area (Å²) in [6.45, 7) is 4.35. The molecule has 2 heterocycles. The molecule has 1 atom stereocenters. The van der Waals surface area contributed by atoms with Gasteiger partial charge in [0, 0.05) is 17.6 Å². The molecule has 0 radical (unpaired) electrons. The standard InChI is InChI=1S/C22H24N4O4S/c1-4-13-29-22(30-16-9-10-17-15(2)11-12-23-20(17)14-16)18-7-5-6-8-19(18)24-21(25-22)26-31(3,27)28/h5-12,14H,4,13H2,1-3H3,(H2,24,25,26). The fraction of sp³-hybridized carbons (Fsp3) is 0.273. The van der Waals surface area contributed by atoms with E-state index in [2.05, 4.69) is 20.0 Å². The van der Waals surface area contributed by atoms with Gasteiger partial charge in [0.05, 0.1) is 29.6 Å². The van der Waals surface area contributed by atoms with E-state index in [1.165, 1.54) is 0 Å². The molecule has 3 aromatic rings. The predicted molar refractivity (Wildman–Crippen MR) is 121 cm³/mol. The van der Waals surface area contributed by atoms with Crippen LogP contribution in [0, 0.1) is 6.92 Å². The lowest BCUT2D eigenvalue weighted by Crippen LogP contribution is -2.46. The smallest absolute Gasteiger partial charge is 0.346 e. The van der Waals surface area contributed by atoms with E-state index >= 15 is 0 Å². The quantitative estimate of drug-likeness (QED) is 0.569. The van der Waals surface area contributed by atoms with Crippen LogP contribution in [0.3, 0.4) is 0 Å². The Bertz CT molecular complexity index is 1260. The highest BCUT2D eigenvalue weighted by molar-refractivity contribution is 7.89. The molecule has 0 fully saturated rings. The Kier molecular flexibility index (Phi) is 5.55. The third-order valence-corrected chi connectivity index (χ3v) is 5.32. The third kappa shape index (κ3) is 4.47. The van der Waals surface area contributed by atoms with Gasteiger partial charge in [-0.25, -0.2) is 8.42 Å². The Morgan fingerprint density at radius 2 is 1.97 bits per heavy atom. The zero-order valence-corrected chi connectivity index (χ0v) is 18.4. The van der Waals surface area contributed by atoms with Crippen LogP contribution in [0.15, 0.2) is 59.7 Å². The van der Waals surface area contributed by atoms with Crippen LogP contribution in [-0.2, 0) is 20.7 Å². The van der Waals surface area contributed by atoms with E-state index in [0.717, 1.165) is 29.1 Å². The minimum absolute atomic E-state index is 0.0204. The molecule has 0 spiro atoms. The number of fused-ring (bicyclic) bond motifs is 2. The molecule has 1 aromatic heterocycles. The van der Waals surface area contributed by atoms with Gasteiger partial charge in [-0.2, -0.15) is 4.99 Å². The molecule has 0 aliphatic carbocycles. The normalized spacial score (nSPS) is 18.1. The van der Waals surface area contributed by atoms with E-state index in [0.29, 0.717) is 23.6 Å². The van der Waals surface area contributed by atoms with Crippen molar-refractivity contribution in [3.8, 4) is 5.75 Å². The van der Waals surface area contributed by atoms with Gasteiger partial charge in [-0.1, -0.05) is 19.1 Å². The van der Waals surface area contributed by atoms with Crippen molar-refractivity contribution >= 4 is 32.6 Å². The number of hydrogen-bond acceptors (Lipinski definition) is 7. The van der Waals surface area contributed by atoms with Crippen LogP contribution in [0.2, 0.25) is 0 Å². The minimum Gasteiger partial charge on any atom is -0.439 e. The van der Waals surface area contributed by atoms with Gasteiger partial charge in [0.2, 0.25) is 16.0 Å². The number of benzene rings is 2. The number of ether oxygens (including phenoxy) is 2. The fourth-order valence-electron chi connectivity index (χ4n) is 3.41. The van der Waals surface area contributed by atoms with Crippen LogP contribution in [0.25, 0.3) is 10.9 Å². The molecule has 1 aliphatic heterocycles. The first-order valence-corrected chi connectivity index (χ1v) is 11.8. The first kappa shape index (κ1) is 21.1. The zero-order chi connectivity index (χ0) is 22.1. The molecule has 2 N–H and O–H groups in total. The van der Waals surface area contributed by atoms with E-state index in [1.54, 1.807) is 6.20 Å². The molecule has 0 bridgehead atoms. The van der Waals surface area contributed by atoms with E-state index in [9.17, 15) is 8.42 Å². The molecular weight excluding hydrogens is 416 g/mol. The van der Waals surface area contributed by atoms with Gasteiger partial charge in [-0.15, -0.1) is 0 Å². The number of aliphatic imine (C=N–C) groups is 1. The third-order valence-electron chi connectivity index (χ3n) is 4.75. The molecule has 1 aliphatic rings. The number of nitrogens with one attached hydrogen (secondary N) is 2. The number of hydrogen-bond donors (Lipinski definition) is 2. The van der Waals surface area contributed by atoms with Gasteiger partial charge in [0.15, 0.2) is 0 Å². The Hall–Kier alpha value is -3.17. The maximum Gasteiger partial charge on any atom is 0.346 e. The monoisotopic (exact) mass is 440 g/mol. The Morgan fingerprint density at radius 3 is 2.74 bits per heavy atom. The van der Waals surface area contributed by atoms with Crippen LogP contribution in [0.4, 0.5) is 5.69 Å². The van der Waals surface area contributed by atoms with Crippen molar-refractivity contribution < 1.29 is 17.9 Å². The average Bonchev–Trinajstić information content (AvgIpc) is 2.71. The maximum atomic E-state index is 11.9. The Balaban J connectivity index is 1.83. The molecule has 4 rings (SSSR count). The highest BCUT2D eigenvalue weighted by atomic mass is 32.2. The summed E-state index contributed by atoms with van der Waals surface area (Å²) in [6, 6.07) is 14.9. The van der Waals surface area contributed by atoms with Crippen molar-refractivity contribution in [1.82, 2.24) is 9.71 Å². The SMILES string of the molecule is CCCOC1(Oc2ccc3c(C)ccnc3c2)N=C(NS(C)(=O)=O)Nc2ccccc21. The first-order chi connectivity index (χ1) is 14.8. The molecule has 0 saturated carbocycles. The first-order valence-electron chi connectivity index (χ1n) is 9.92. The molecule has 9 heteroatoms. The number of sulfonamides is 1. The molecule has 1 unspecified atom stereocenters.